The fourth-order valence-electron chi connectivity index (χ4n) is 0.182. The third kappa shape index (κ3) is 5.20. The number of rotatable bonds is 3. The molecule has 0 bridgehead atoms. The highest BCUT2D eigenvalue weighted by Crippen LogP contribution is 1.86. The van der Waals surface area contributed by atoms with Crippen molar-refractivity contribution >= 4 is 0 Å². The SMILES string of the molecule is CCC[N-][N+](=O)[O-]. The molecule has 7 heavy (non-hydrogen) atoms. The summed E-state index contributed by atoms with van der Waals surface area (Å²) in [5.74, 6) is 0. The third-order valence-electron chi connectivity index (χ3n) is 0.439. The minimum Gasteiger partial charge on any atom is -0.379 e. The van der Waals surface area contributed by atoms with E-state index in [2.05, 4.69) is 5.43 Å². The normalized spacial score (nSPS) is 8.14. The lowest BCUT2D eigenvalue weighted by Crippen LogP contribution is -1.91. The van der Waals surface area contributed by atoms with Crippen LogP contribution >= 0.6 is 0 Å². The van der Waals surface area contributed by atoms with E-state index in [9.17, 15) is 10.1 Å². The van der Waals surface area contributed by atoms with E-state index in [1.807, 2.05) is 6.92 Å². The summed E-state index contributed by atoms with van der Waals surface area (Å²) in [6.07, 6.45) is 0.737. The van der Waals surface area contributed by atoms with Crippen LogP contribution in [0, 0.1) is 10.1 Å². The molecule has 0 fully saturated rings. The molecule has 0 rings (SSSR count). The molecular formula is C3H7N2O2-. The standard InChI is InChI=1S/C3H7N2O2/c1-2-3-4-5(6)7/h2-3H2,1H3/q-1. The Kier molecular flexibility index (Phi) is 3.00. The van der Waals surface area contributed by atoms with Gasteiger partial charge in [-0.05, 0) is 5.03 Å². The minimum atomic E-state index is -0.663. The van der Waals surface area contributed by atoms with Gasteiger partial charge in [-0.3, -0.25) is 10.1 Å². The molecule has 0 aromatic carbocycles. The van der Waals surface area contributed by atoms with E-state index in [-0.39, 0.29) is 0 Å². The first-order valence-electron chi connectivity index (χ1n) is 2.09. The number of hydrogen-bond acceptors (Lipinski definition) is 2. The lowest BCUT2D eigenvalue weighted by molar-refractivity contribution is -0.426. The van der Waals surface area contributed by atoms with Crippen LogP contribution in [0.2, 0.25) is 0 Å². The number of nitro groups is 1. The first kappa shape index (κ1) is 6.20. The quantitative estimate of drug-likeness (QED) is 0.394. The highest BCUT2D eigenvalue weighted by molar-refractivity contribution is 4.55. The van der Waals surface area contributed by atoms with Gasteiger partial charge in [0.2, 0.25) is 0 Å². The molecule has 0 unspecified atom stereocenters. The fraction of sp³-hybridized carbons (Fsp3) is 1.00. The molecule has 0 saturated carbocycles. The summed E-state index contributed by atoms with van der Waals surface area (Å²) in [6, 6.07) is 0. The van der Waals surface area contributed by atoms with E-state index in [0.29, 0.717) is 6.54 Å². The van der Waals surface area contributed by atoms with Crippen LogP contribution in [0.15, 0.2) is 0 Å². The van der Waals surface area contributed by atoms with Crippen LogP contribution in [0.5, 0.6) is 0 Å². The minimum absolute atomic E-state index is 0.326. The molecule has 0 aliphatic heterocycles. The number of hydrogen-bond donors (Lipinski definition) is 0. The second kappa shape index (κ2) is 3.39. The highest BCUT2D eigenvalue weighted by atomic mass is 16.7. The average molecular weight is 103 g/mol. The van der Waals surface area contributed by atoms with E-state index in [1.54, 1.807) is 0 Å². The van der Waals surface area contributed by atoms with Crippen molar-refractivity contribution in [2.75, 3.05) is 6.54 Å². The van der Waals surface area contributed by atoms with Gasteiger partial charge in [0.15, 0.2) is 0 Å². The molecule has 0 aliphatic carbocycles. The predicted molar refractivity (Wildman–Crippen MR) is 25.5 cm³/mol. The van der Waals surface area contributed by atoms with Crippen molar-refractivity contribution in [2.45, 2.75) is 13.3 Å². The van der Waals surface area contributed by atoms with E-state index in [4.69, 9.17) is 0 Å². The van der Waals surface area contributed by atoms with Crippen molar-refractivity contribution in [3.05, 3.63) is 15.5 Å². The Morgan fingerprint density at radius 2 is 2.43 bits per heavy atom. The summed E-state index contributed by atoms with van der Waals surface area (Å²) in [7, 11) is 0. The number of nitrogens with zero attached hydrogens (tertiary/aromatic N) is 2. The van der Waals surface area contributed by atoms with Crippen molar-refractivity contribution in [1.29, 1.82) is 0 Å². The molecule has 42 valence electrons. The summed E-state index contributed by atoms with van der Waals surface area (Å²) < 4.78 is 0. The lowest BCUT2D eigenvalue weighted by atomic mass is 10.5. The maximum absolute atomic E-state index is 9.40. The molecular weight excluding hydrogens is 96.0 g/mol. The summed E-state index contributed by atoms with van der Waals surface area (Å²) in [5.41, 5.74) is 2.97. The third-order valence-corrected chi connectivity index (χ3v) is 0.439. The second-order valence-corrected chi connectivity index (χ2v) is 1.10. The van der Waals surface area contributed by atoms with Gasteiger partial charge in [0.25, 0.3) is 0 Å². The lowest BCUT2D eigenvalue weighted by Gasteiger charge is -2.03. The van der Waals surface area contributed by atoms with E-state index < -0.39 is 5.03 Å². The molecule has 0 heterocycles. The first-order valence-corrected chi connectivity index (χ1v) is 2.09. The fourth-order valence-corrected chi connectivity index (χ4v) is 0.182. The monoisotopic (exact) mass is 103 g/mol. The van der Waals surface area contributed by atoms with Gasteiger partial charge in [0, 0.05) is 0 Å². The Hall–Kier alpha value is -0.800. The van der Waals surface area contributed by atoms with Gasteiger partial charge in [0.05, 0.1) is 0 Å². The van der Waals surface area contributed by atoms with Gasteiger partial charge in [-0.2, -0.15) is 0 Å². The molecule has 0 N–H and O–H groups in total. The summed E-state index contributed by atoms with van der Waals surface area (Å²) in [6.45, 7) is 2.17. The Labute approximate surface area is 41.6 Å². The maximum atomic E-state index is 9.40. The summed E-state index contributed by atoms with van der Waals surface area (Å²) in [5, 5.41) is 8.73. The van der Waals surface area contributed by atoms with Crippen LogP contribution in [0.4, 0.5) is 0 Å². The zero-order chi connectivity index (χ0) is 5.70. The molecule has 0 aromatic heterocycles. The van der Waals surface area contributed by atoms with Gasteiger partial charge >= 0.3 is 0 Å². The van der Waals surface area contributed by atoms with Crippen LogP contribution in [-0.4, -0.2) is 11.6 Å². The van der Waals surface area contributed by atoms with Crippen LogP contribution < -0.4 is 0 Å². The van der Waals surface area contributed by atoms with E-state index in [0.717, 1.165) is 6.42 Å². The van der Waals surface area contributed by atoms with Gasteiger partial charge in [0.1, 0.15) is 0 Å². The smallest absolute Gasteiger partial charge is 0.0127 e. The maximum Gasteiger partial charge on any atom is -0.0127 e. The van der Waals surface area contributed by atoms with E-state index >= 15 is 0 Å². The second-order valence-electron chi connectivity index (χ2n) is 1.10. The summed E-state index contributed by atoms with van der Waals surface area (Å²) in [4.78, 5) is 9.40. The Morgan fingerprint density at radius 1 is 1.86 bits per heavy atom. The van der Waals surface area contributed by atoms with Crippen LogP contribution in [0.1, 0.15) is 13.3 Å². The van der Waals surface area contributed by atoms with Crippen molar-refractivity contribution in [2.24, 2.45) is 0 Å². The van der Waals surface area contributed by atoms with Crippen molar-refractivity contribution in [3.63, 3.8) is 0 Å². The Balaban J connectivity index is 2.82. The van der Waals surface area contributed by atoms with Crippen molar-refractivity contribution < 1.29 is 5.03 Å². The molecule has 0 spiro atoms. The topological polar surface area (TPSA) is 57.2 Å². The van der Waals surface area contributed by atoms with Gasteiger partial charge in [-0.25, -0.2) is 0 Å². The molecule has 0 amide bonds. The van der Waals surface area contributed by atoms with Crippen molar-refractivity contribution in [3.8, 4) is 0 Å². The van der Waals surface area contributed by atoms with Crippen LogP contribution in [0.3, 0.4) is 0 Å². The zero-order valence-corrected chi connectivity index (χ0v) is 4.13. The predicted octanol–water partition coefficient (Wildman–Crippen LogP) is 0.962. The molecule has 0 radical (unpaired) electrons. The first-order chi connectivity index (χ1) is 3.27. The van der Waals surface area contributed by atoms with Crippen LogP contribution in [0.25, 0.3) is 5.43 Å². The molecule has 0 aromatic rings. The van der Waals surface area contributed by atoms with Crippen LogP contribution in [-0.2, 0) is 0 Å². The largest absolute Gasteiger partial charge is 0.379 e. The van der Waals surface area contributed by atoms with Gasteiger partial charge in [-0.1, -0.05) is 19.9 Å². The van der Waals surface area contributed by atoms with Gasteiger partial charge < -0.3 is 5.43 Å². The van der Waals surface area contributed by atoms with Crippen molar-refractivity contribution in [1.82, 2.24) is 0 Å². The molecule has 0 atom stereocenters. The Morgan fingerprint density at radius 3 is 2.57 bits per heavy atom. The molecule has 4 nitrogen and oxygen atoms in total. The Bertz CT molecular complexity index is 64.0. The molecule has 4 heteroatoms. The average Bonchev–Trinajstić information content (AvgIpc) is 1.61. The molecule has 0 saturated heterocycles. The van der Waals surface area contributed by atoms with E-state index in [1.165, 1.54) is 0 Å². The highest BCUT2D eigenvalue weighted by Gasteiger charge is 1.71. The zero-order valence-electron chi connectivity index (χ0n) is 4.13. The van der Waals surface area contributed by atoms with Gasteiger partial charge in [-0.15, -0.1) is 0 Å². The molecule has 0 aliphatic rings. The summed E-state index contributed by atoms with van der Waals surface area (Å²) >= 11 is 0.